The van der Waals surface area contributed by atoms with E-state index in [1.165, 1.54) is 17.0 Å². The molecule has 0 saturated carbocycles. The van der Waals surface area contributed by atoms with Gasteiger partial charge in [-0.15, -0.1) is 0 Å². The number of benzene rings is 2. The first-order valence-electron chi connectivity index (χ1n) is 9.05. The predicted octanol–water partition coefficient (Wildman–Crippen LogP) is 3.15. The van der Waals surface area contributed by atoms with E-state index in [1.807, 2.05) is 32.0 Å². The number of nitrogens with one attached hydrogen (secondary N) is 1. The fourth-order valence-corrected chi connectivity index (χ4v) is 2.55. The second kappa shape index (κ2) is 10.3. The molecule has 2 rings (SSSR count). The van der Waals surface area contributed by atoms with Gasteiger partial charge in [-0.1, -0.05) is 37.3 Å². The van der Waals surface area contributed by atoms with Gasteiger partial charge in [0, 0.05) is 13.1 Å². The molecule has 27 heavy (non-hydrogen) atoms. The molecule has 0 aliphatic carbocycles. The van der Waals surface area contributed by atoms with Gasteiger partial charge in [0.05, 0.1) is 6.54 Å². The minimum absolute atomic E-state index is 0.0504. The molecule has 0 heterocycles. The Balaban J connectivity index is 1.90. The van der Waals surface area contributed by atoms with Crippen molar-refractivity contribution in [2.24, 2.45) is 0 Å². The highest BCUT2D eigenvalue weighted by atomic mass is 19.1. The number of hydrogen-bond acceptors (Lipinski definition) is 3. The van der Waals surface area contributed by atoms with Gasteiger partial charge in [0.15, 0.2) is 6.10 Å². The van der Waals surface area contributed by atoms with Crippen LogP contribution in [0.3, 0.4) is 0 Å². The second-order valence-corrected chi connectivity index (χ2v) is 6.08. The first-order chi connectivity index (χ1) is 13.0. The average Bonchev–Trinajstić information content (AvgIpc) is 2.70. The zero-order valence-electron chi connectivity index (χ0n) is 15.7. The van der Waals surface area contributed by atoms with Crippen LogP contribution in [0.25, 0.3) is 0 Å². The summed E-state index contributed by atoms with van der Waals surface area (Å²) in [7, 11) is 0. The van der Waals surface area contributed by atoms with Gasteiger partial charge in [0.1, 0.15) is 11.6 Å². The van der Waals surface area contributed by atoms with Crippen LogP contribution in [0.2, 0.25) is 0 Å². The van der Waals surface area contributed by atoms with Crippen LogP contribution in [-0.2, 0) is 16.1 Å². The molecule has 0 unspecified atom stereocenters. The third-order valence-corrected chi connectivity index (χ3v) is 4.10. The van der Waals surface area contributed by atoms with Crippen LogP contribution in [-0.4, -0.2) is 35.9 Å². The molecular weight excluding hydrogens is 347 g/mol. The van der Waals surface area contributed by atoms with Crippen molar-refractivity contribution >= 4 is 11.8 Å². The quantitative estimate of drug-likeness (QED) is 0.736. The molecule has 0 saturated heterocycles. The fourth-order valence-electron chi connectivity index (χ4n) is 2.55. The molecule has 0 radical (unpaired) electrons. The summed E-state index contributed by atoms with van der Waals surface area (Å²) in [5.41, 5.74) is 0.790. The maximum Gasteiger partial charge on any atom is 0.264 e. The van der Waals surface area contributed by atoms with Gasteiger partial charge in [-0.2, -0.15) is 0 Å². The minimum Gasteiger partial charge on any atom is -0.481 e. The highest BCUT2D eigenvalue weighted by Crippen LogP contribution is 2.14. The zero-order chi connectivity index (χ0) is 19.6. The lowest BCUT2D eigenvalue weighted by molar-refractivity contribution is -0.142. The standard InChI is InChI=1S/C21H25FN2O3/c1-3-19(27-18-8-6-5-7-9-18)21(26)24(4-2)15-20(25)23-14-16-10-12-17(22)13-11-16/h5-13,19H,3-4,14-15H2,1-2H3,(H,23,25)/t19-/m1/s1. The molecule has 6 heteroatoms. The molecule has 1 N–H and O–H groups in total. The van der Waals surface area contributed by atoms with E-state index in [2.05, 4.69) is 5.32 Å². The Bertz CT molecular complexity index is 735. The molecule has 1 atom stereocenters. The zero-order valence-corrected chi connectivity index (χ0v) is 15.7. The Morgan fingerprint density at radius 3 is 2.33 bits per heavy atom. The molecule has 5 nitrogen and oxygen atoms in total. The second-order valence-electron chi connectivity index (χ2n) is 6.08. The SMILES string of the molecule is CC[C@@H](Oc1ccccc1)C(=O)N(CC)CC(=O)NCc1ccc(F)cc1. The summed E-state index contributed by atoms with van der Waals surface area (Å²) in [5.74, 6) is -0.198. The molecule has 2 aromatic rings. The average molecular weight is 372 g/mol. The molecule has 0 aliphatic heterocycles. The van der Waals surface area contributed by atoms with E-state index < -0.39 is 6.10 Å². The predicted molar refractivity (Wildman–Crippen MR) is 102 cm³/mol. The van der Waals surface area contributed by atoms with Gasteiger partial charge in [-0.3, -0.25) is 9.59 Å². The van der Waals surface area contributed by atoms with Crippen LogP contribution in [0.15, 0.2) is 54.6 Å². The van der Waals surface area contributed by atoms with Gasteiger partial charge < -0.3 is 15.0 Å². The Hall–Kier alpha value is -2.89. The van der Waals surface area contributed by atoms with Crippen molar-refractivity contribution in [1.29, 1.82) is 0 Å². The van der Waals surface area contributed by atoms with Gasteiger partial charge in [-0.25, -0.2) is 4.39 Å². The highest BCUT2D eigenvalue weighted by Gasteiger charge is 2.25. The minimum atomic E-state index is -0.641. The molecule has 2 aromatic carbocycles. The largest absolute Gasteiger partial charge is 0.481 e. The van der Waals surface area contributed by atoms with Crippen molar-refractivity contribution in [3.05, 3.63) is 66.0 Å². The van der Waals surface area contributed by atoms with E-state index in [4.69, 9.17) is 4.74 Å². The summed E-state index contributed by atoms with van der Waals surface area (Å²) < 4.78 is 18.7. The number of rotatable bonds is 9. The van der Waals surface area contributed by atoms with Crippen LogP contribution < -0.4 is 10.1 Å². The maximum absolute atomic E-state index is 12.9. The molecule has 2 amide bonds. The van der Waals surface area contributed by atoms with E-state index in [0.717, 1.165) is 5.56 Å². The smallest absolute Gasteiger partial charge is 0.264 e. The number of likely N-dealkylation sites (N-methyl/N-ethyl adjacent to an activating group) is 1. The molecule has 0 spiro atoms. The van der Waals surface area contributed by atoms with Crippen LogP contribution in [0.1, 0.15) is 25.8 Å². The summed E-state index contributed by atoms with van der Waals surface area (Å²) >= 11 is 0. The van der Waals surface area contributed by atoms with Crippen molar-refractivity contribution in [3.8, 4) is 5.75 Å². The van der Waals surface area contributed by atoms with Crippen molar-refractivity contribution in [1.82, 2.24) is 10.2 Å². The Kier molecular flexibility index (Phi) is 7.79. The monoisotopic (exact) mass is 372 g/mol. The van der Waals surface area contributed by atoms with Crippen molar-refractivity contribution in [3.63, 3.8) is 0 Å². The van der Waals surface area contributed by atoms with Gasteiger partial charge in [0.2, 0.25) is 5.91 Å². The highest BCUT2D eigenvalue weighted by molar-refractivity contribution is 5.87. The van der Waals surface area contributed by atoms with Gasteiger partial charge in [0.25, 0.3) is 5.91 Å². The molecule has 0 fully saturated rings. The van der Waals surface area contributed by atoms with E-state index in [-0.39, 0.29) is 30.7 Å². The molecule has 0 bridgehead atoms. The lowest BCUT2D eigenvalue weighted by atomic mass is 10.2. The number of ether oxygens (including phenoxy) is 1. The van der Waals surface area contributed by atoms with Crippen molar-refractivity contribution < 1.29 is 18.7 Å². The van der Waals surface area contributed by atoms with E-state index >= 15 is 0 Å². The molecular formula is C21H25FN2O3. The number of hydrogen-bond donors (Lipinski definition) is 1. The van der Waals surface area contributed by atoms with E-state index in [9.17, 15) is 14.0 Å². The van der Waals surface area contributed by atoms with Crippen LogP contribution >= 0.6 is 0 Å². The van der Waals surface area contributed by atoms with Crippen molar-refractivity contribution in [2.75, 3.05) is 13.1 Å². The summed E-state index contributed by atoms with van der Waals surface area (Å²) in [6, 6.07) is 15.0. The Labute approximate surface area is 159 Å². The Morgan fingerprint density at radius 1 is 1.07 bits per heavy atom. The normalized spacial score (nSPS) is 11.5. The van der Waals surface area contributed by atoms with Crippen LogP contribution in [0, 0.1) is 5.82 Å². The number of carbonyl (C=O) groups is 2. The third kappa shape index (κ3) is 6.40. The van der Waals surface area contributed by atoms with Crippen molar-refractivity contribution in [2.45, 2.75) is 32.9 Å². The first kappa shape index (κ1) is 20.4. The number of carbonyl (C=O) groups excluding carboxylic acids is 2. The first-order valence-corrected chi connectivity index (χ1v) is 9.05. The topological polar surface area (TPSA) is 58.6 Å². The van der Waals surface area contributed by atoms with E-state index in [1.54, 1.807) is 24.3 Å². The Morgan fingerprint density at radius 2 is 1.74 bits per heavy atom. The number of para-hydroxylation sites is 1. The van der Waals surface area contributed by atoms with Gasteiger partial charge >= 0.3 is 0 Å². The number of halogens is 1. The summed E-state index contributed by atoms with van der Waals surface area (Å²) in [5, 5.41) is 2.75. The third-order valence-electron chi connectivity index (χ3n) is 4.10. The fraction of sp³-hybridized carbons (Fsp3) is 0.333. The lowest BCUT2D eigenvalue weighted by Crippen LogP contribution is -2.46. The number of nitrogens with zero attached hydrogens (tertiary/aromatic N) is 1. The summed E-state index contributed by atoms with van der Waals surface area (Å²) in [4.78, 5) is 26.4. The van der Waals surface area contributed by atoms with Crippen LogP contribution in [0.4, 0.5) is 4.39 Å². The molecule has 144 valence electrons. The lowest BCUT2D eigenvalue weighted by Gasteiger charge is -2.25. The number of amides is 2. The summed E-state index contributed by atoms with van der Waals surface area (Å²) in [6.07, 6.45) is -0.140. The summed E-state index contributed by atoms with van der Waals surface area (Å²) in [6.45, 7) is 4.32. The van der Waals surface area contributed by atoms with E-state index in [0.29, 0.717) is 18.7 Å². The molecule has 0 aromatic heterocycles. The molecule has 0 aliphatic rings. The van der Waals surface area contributed by atoms with Gasteiger partial charge in [-0.05, 0) is 43.2 Å². The maximum atomic E-state index is 12.9. The van der Waals surface area contributed by atoms with Crippen LogP contribution in [0.5, 0.6) is 5.75 Å².